The fraction of sp³-hybridized carbons (Fsp3) is 0.222. The highest BCUT2D eigenvalue weighted by atomic mass is 79.9. The minimum atomic E-state index is -1.10. The van der Waals surface area contributed by atoms with Gasteiger partial charge in [0.25, 0.3) is 0 Å². The first-order valence-corrected chi connectivity index (χ1v) is 4.93. The van der Waals surface area contributed by atoms with E-state index in [9.17, 15) is 9.18 Å². The molecule has 2 N–H and O–H groups in total. The van der Waals surface area contributed by atoms with Crippen LogP contribution >= 0.6 is 15.9 Å². The van der Waals surface area contributed by atoms with Gasteiger partial charge in [-0.3, -0.25) is 0 Å². The van der Waals surface area contributed by atoms with Gasteiger partial charge in [-0.1, -0.05) is 0 Å². The largest absolute Gasteiger partial charge is 0.491 e. The van der Waals surface area contributed by atoms with E-state index in [0.717, 1.165) is 0 Å². The average Bonchev–Trinajstić information content (AvgIpc) is 2.14. The Hall–Kier alpha value is -1.30. The summed E-state index contributed by atoms with van der Waals surface area (Å²) < 4.78 is 18.4. The Labute approximate surface area is 94.2 Å². The molecule has 0 saturated heterocycles. The van der Waals surface area contributed by atoms with Gasteiger partial charge in [-0.15, -0.1) is 0 Å². The number of carbonyl (C=O) groups is 1. The monoisotopic (exact) mass is 277 g/mol. The van der Waals surface area contributed by atoms with Crippen LogP contribution in [-0.2, 0) is 0 Å². The molecule has 6 heteroatoms. The number of halogens is 2. The van der Waals surface area contributed by atoms with Crippen molar-refractivity contribution in [2.45, 2.75) is 0 Å². The van der Waals surface area contributed by atoms with Crippen LogP contribution in [0.25, 0.3) is 0 Å². The number of hydrogen-bond acceptors (Lipinski definition) is 2. The van der Waals surface area contributed by atoms with E-state index in [2.05, 4.69) is 21.2 Å². The minimum absolute atomic E-state index is 0.180. The highest BCUT2D eigenvalue weighted by Crippen LogP contribution is 2.25. The Bertz CT molecular complexity index is 359. The molecule has 1 amide bonds. The summed E-state index contributed by atoms with van der Waals surface area (Å²) in [6, 6.07) is 4.02. The number of amides is 1. The second kappa shape index (κ2) is 5.55. The van der Waals surface area contributed by atoms with Crippen LogP contribution in [0.1, 0.15) is 0 Å². The van der Waals surface area contributed by atoms with E-state index < -0.39 is 6.09 Å². The second-order valence-electron chi connectivity index (χ2n) is 2.66. The zero-order valence-electron chi connectivity index (χ0n) is 7.67. The summed E-state index contributed by atoms with van der Waals surface area (Å²) in [6.07, 6.45) is -1.10. The number of rotatable bonds is 4. The molecule has 0 unspecified atom stereocenters. The molecular weight excluding hydrogens is 269 g/mol. The van der Waals surface area contributed by atoms with Gasteiger partial charge in [-0.25, -0.2) is 9.18 Å². The van der Waals surface area contributed by atoms with Crippen LogP contribution in [0.3, 0.4) is 0 Å². The van der Waals surface area contributed by atoms with E-state index in [1.807, 2.05) is 0 Å². The molecule has 0 radical (unpaired) electrons. The van der Waals surface area contributed by atoms with Crippen LogP contribution in [0.4, 0.5) is 9.18 Å². The predicted molar refractivity (Wildman–Crippen MR) is 55.6 cm³/mol. The van der Waals surface area contributed by atoms with E-state index >= 15 is 0 Å². The maximum absolute atomic E-state index is 12.7. The van der Waals surface area contributed by atoms with Crippen molar-refractivity contribution in [1.82, 2.24) is 5.32 Å². The average molecular weight is 278 g/mol. The van der Waals surface area contributed by atoms with Crippen molar-refractivity contribution in [2.24, 2.45) is 0 Å². The van der Waals surface area contributed by atoms with Gasteiger partial charge >= 0.3 is 6.09 Å². The lowest BCUT2D eigenvalue weighted by molar-refractivity contribution is 0.191. The van der Waals surface area contributed by atoms with E-state index in [-0.39, 0.29) is 19.0 Å². The molecule has 0 aliphatic heterocycles. The summed E-state index contributed by atoms with van der Waals surface area (Å²) in [6.45, 7) is 0.371. The highest BCUT2D eigenvalue weighted by molar-refractivity contribution is 9.10. The molecule has 0 heterocycles. The smallest absolute Gasteiger partial charge is 0.404 e. The van der Waals surface area contributed by atoms with Gasteiger partial charge in [0.2, 0.25) is 0 Å². The van der Waals surface area contributed by atoms with Gasteiger partial charge in [0.05, 0.1) is 11.0 Å². The van der Waals surface area contributed by atoms with Crippen molar-refractivity contribution in [2.75, 3.05) is 13.2 Å². The Balaban J connectivity index is 2.40. The molecule has 0 aromatic heterocycles. The van der Waals surface area contributed by atoms with Crippen LogP contribution < -0.4 is 10.1 Å². The van der Waals surface area contributed by atoms with Crippen LogP contribution in [-0.4, -0.2) is 24.4 Å². The first-order valence-electron chi connectivity index (χ1n) is 4.14. The number of nitrogens with one attached hydrogen (secondary N) is 1. The molecule has 0 saturated carbocycles. The van der Waals surface area contributed by atoms with Crippen molar-refractivity contribution in [3.8, 4) is 5.75 Å². The maximum atomic E-state index is 12.7. The van der Waals surface area contributed by atoms with Gasteiger partial charge in [-0.2, -0.15) is 0 Å². The van der Waals surface area contributed by atoms with Gasteiger partial charge in [0.15, 0.2) is 0 Å². The first-order chi connectivity index (χ1) is 7.09. The Kier molecular flexibility index (Phi) is 4.36. The molecule has 15 heavy (non-hydrogen) atoms. The summed E-state index contributed by atoms with van der Waals surface area (Å²) in [5, 5.41) is 10.4. The van der Waals surface area contributed by atoms with Crippen LogP contribution in [0.15, 0.2) is 22.7 Å². The summed E-state index contributed by atoms with van der Waals surface area (Å²) in [4.78, 5) is 10.1. The molecule has 0 atom stereocenters. The SMILES string of the molecule is O=C(O)NCCOc1ccc(F)cc1Br. The molecule has 1 aromatic carbocycles. The zero-order chi connectivity index (χ0) is 11.3. The number of carboxylic acid groups (broad SMARTS) is 1. The summed E-state index contributed by atoms with van der Waals surface area (Å²) in [5.41, 5.74) is 0. The molecule has 0 spiro atoms. The molecule has 0 fully saturated rings. The quantitative estimate of drug-likeness (QED) is 0.830. The van der Waals surface area contributed by atoms with Gasteiger partial charge < -0.3 is 15.2 Å². The Morgan fingerprint density at radius 2 is 2.33 bits per heavy atom. The highest BCUT2D eigenvalue weighted by Gasteiger charge is 2.02. The molecule has 0 aliphatic rings. The van der Waals surface area contributed by atoms with Crippen molar-refractivity contribution in [3.63, 3.8) is 0 Å². The number of hydrogen-bond donors (Lipinski definition) is 2. The normalized spacial score (nSPS) is 9.73. The minimum Gasteiger partial charge on any atom is -0.491 e. The molecule has 82 valence electrons. The molecular formula is C9H9BrFNO3. The van der Waals surface area contributed by atoms with Crippen molar-refractivity contribution >= 4 is 22.0 Å². The van der Waals surface area contributed by atoms with E-state index in [1.54, 1.807) is 0 Å². The van der Waals surface area contributed by atoms with Crippen LogP contribution in [0.2, 0.25) is 0 Å². The van der Waals surface area contributed by atoms with Gasteiger partial charge in [0.1, 0.15) is 18.2 Å². The van der Waals surface area contributed by atoms with Crippen molar-refractivity contribution < 1.29 is 19.0 Å². The fourth-order valence-electron chi connectivity index (χ4n) is 0.911. The van der Waals surface area contributed by atoms with E-state index in [1.165, 1.54) is 18.2 Å². The third-order valence-corrected chi connectivity index (χ3v) is 2.15. The molecule has 1 aromatic rings. The van der Waals surface area contributed by atoms with E-state index in [4.69, 9.17) is 9.84 Å². The van der Waals surface area contributed by atoms with Gasteiger partial charge in [-0.05, 0) is 34.1 Å². The first kappa shape index (κ1) is 11.8. The topological polar surface area (TPSA) is 58.6 Å². The third kappa shape index (κ3) is 4.16. The predicted octanol–water partition coefficient (Wildman–Crippen LogP) is 2.23. The Morgan fingerprint density at radius 1 is 1.60 bits per heavy atom. The summed E-state index contributed by atoms with van der Waals surface area (Å²) in [5.74, 6) is 0.112. The molecule has 0 aliphatic carbocycles. The second-order valence-corrected chi connectivity index (χ2v) is 3.51. The summed E-state index contributed by atoms with van der Waals surface area (Å²) >= 11 is 3.13. The zero-order valence-corrected chi connectivity index (χ0v) is 9.25. The van der Waals surface area contributed by atoms with E-state index in [0.29, 0.717) is 10.2 Å². The van der Waals surface area contributed by atoms with Crippen molar-refractivity contribution in [3.05, 3.63) is 28.5 Å². The summed E-state index contributed by atoms with van der Waals surface area (Å²) in [7, 11) is 0. The standard InChI is InChI=1S/C9H9BrFNO3/c10-7-5-6(11)1-2-8(7)15-4-3-12-9(13)14/h1-2,5,12H,3-4H2,(H,13,14). The molecule has 1 rings (SSSR count). The third-order valence-electron chi connectivity index (χ3n) is 1.53. The lowest BCUT2D eigenvalue weighted by Crippen LogP contribution is -2.26. The lowest BCUT2D eigenvalue weighted by Gasteiger charge is -2.07. The number of benzene rings is 1. The Morgan fingerprint density at radius 3 is 2.93 bits per heavy atom. The fourth-order valence-corrected chi connectivity index (χ4v) is 1.38. The molecule has 4 nitrogen and oxygen atoms in total. The number of ether oxygens (including phenoxy) is 1. The van der Waals surface area contributed by atoms with Gasteiger partial charge in [0, 0.05) is 0 Å². The lowest BCUT2D eigenvalue weighted by atomic mass is 10.3. The van der Waals surface area contributed by atoms with Crippen LogP contribution in [0, 0.1) is 5.82 Å². The maximum Gasteiger partial charge on any atom is 0.404 e. The molecule has 0 bridgehead atoms. The van der Waals surface area contributed by atoms with Crippen molar-refractivity contribution in [1.29, 1.82) is 0 Å². The van der Waals surface area contributed by atoms with Crippen LogP contribution in [0.5, 0.6) is 5.75 Å².